The standard InChI is InChI=1S/C24H20ClN3O3/c25-20-14-19(7-8-21(20)28-9-11-30-12-10-28)27-24(29)22-23(31-15-26-22)18-6-5-16-3-1-2-4-17(16)13-18/h1-8,13-15H,9-12H2,(H,27,29). The topological polar surface area (TPSA) is 67.6 Å². The largest absolute Gasteiger partial charge is 0.443 e. The van der Waals surface area contributed by atoms with Crippen molar-refractivity contribution in [1.82, 2.24) is 4.98 Å². The van der Waals surface area contributed by atoms with Gasteiger partial charge in [-0.1, -0.05) is 48.0 Å². The van der Waals surface area contributed by atoms with Gasteiger partial charge in [-0.15, -0.1) is 0 Å². The minimum Gasteiger partial charge on any atom is -0.443 e. The van der Waals surface area contributed by atoms with Crippen LogP contribution in [0.4, 0.5) is 11.4 Å². The summed E-state index contributed by atoms with van der Waals surface area (Å²) >= 11 is 6.49. The summed E-state index contributed by atoms with van der Waals surface area (Å²) < 4.78 is 11.0. The third kappa shape index (κ3) is 4.00. The molecule has 0 unspecified atom stereocenters. The van der Waals surface area contributed by atoms with Gasteiger partial charge < -0.3 is 19.4 Å². The fraction of sp³-hybridized carbons (Fsp3) is 0.167. The monoisotopic (exact) mass is 433 g/mol. The first-order chi connectivity index (χ1) is 15.2. The summed E-state index contributed by atoms with van der Waals surface area (Å²) in [4.78, 5) is 19.2. The summed E-state index contributed by atoms with van der Waals surface area (Å²) in [5.74, 6) is 0.0754. The van der Waals surface area contributed by atoms with Crippen LogP contribution in [0.2, 0.25) is 5.02 Å². The number of halogens is 1. The van der Waals surface area contributed by atoms with Gasteiger partial charge in [0.05, 0.1) is 23.9 Å². The number of rotatable bonds is 4. The van der Waals surface area contributed by atoms with Crippen LogP contribution in [0.5, 0.6) is 0 Å². The summed E-state index contributed by atoms with van der Waals surface area (Å²) in [5.41, 5.74) is 2.55. The van der Waals surface area contributed by atoms with Crippen LogP contribution in [0.1, 0.15) is 10.5 Å². The highest BCUT2D eigenvalue weighted by atomic mass is 35.5. The third-order valence-electron chi connectivity index (χ3n) is 5.35. The number of morpholine rings is 1. The van der Waals surface area contributed by atoms with Crippen molar-refractivity contribution >= 4 is 39.7 Å². The van der Waals surface area contributed by atoms with Crippen molar-refractivity contribution in [2.75, 3.05) is 36.5 Å². The molecule has 4 aromatic rings. The Hall–Kier alpha value is -3.35. The number of oxazole rings is 1. The molecule has 1 saturated heterocycles. The highest BCUT2D eigenvalue weighted by Gasteiger charge is 2.20. The predicted molar refractivity (Wildman–Crippen MR) is 122 cm³/mol. The number of carbonyl (C=O) groups is 1. The number of anilines is 2. The molecule has 0 radical (unpaired) electrons. The van der Waals surface area contributed by atoms with Gasteiger partial charge in [0.25, 0.3) is 5.91 Å². The predicted octanol–water partition coefficient (Wildman–Crippen LogP) is 5.24. The fourth-order valence-electron chi connectivity index (χ4n) is 3.78. The quantitative estimate of drug-likeness (QED) is 0.477. The van der Waals surface area contributed by atoms with Crippen molar-refractivity contribution in [3.8, 4) is 11.3 Å². The van der Waals surface area contributed by atoms with Crippen molar-refractivity contribution in [1.29, 1.82) is 0 Å². The Balaban J connectivity index is 1.38. The number of hydrogen-bond donors (Lipinski definition) is 1. The molecule has 156 valence electrons. The maximum atomic E-state index is 12.9. The number of hydrogen-bond acceptors (Lipinski definition) is 5. The zero-order valence-electron chi connectivity index (χ0n) is 16.7. The zero-order valence-corrected chi connectivity index (χ0v) is 17.4. The Morgan fingerprint density at radius 3 is 2.61 bits per heavy atom. The van der Waals surface area contributed by atoms with Crippen LogP contribution >= 0.6 is 11.6 Å². The average Bonchev–Trinajstić information content (AvgIpc) is 3.30. The molecule has 1 aliphatic rings. The average molecular weight is 434 g/mol. The van der Waals surface area contributed by atoms with E-state index in [1.165, 1.54) is 6.39 Å². The summed E-state index contributed by atoms with van der Waals surface area (Å²) in [5, 5.41) is 5.63. The van der Waals surface area contributed by atoms with E-state index >= 15 is 0 Å². The highest BCUT2D eigenvalue weighted by Crippen LogP contribution is 2.31. The van der Waals surface area contributed by atoms with Crippen molar-refractivity contribution in [3.05, 3.63) is 77.8 Å². The van der Waals surface area contributed by atoms with Crippen LogP contribution in [-0.2, 0) is 4.74 Å². The molecule has 0 spiro atoms. The van der Waals surface area contributed by atoms with Crippen molar-refractivity contribution in [3.63, 3.8) is 0 Å². The normalized spacial score (nSPS) is 14.0. The van der Waals surface area contributed by atoms with E-state index in [4.69, 9.17) is 20.8 Å². The molecule has 3 aromatic carbocycles. The number of nitrogens with one attached hydrogen (secondary N) is 1. The van der Waals surface area contributed by atoms with Crippen LogP contribution in [0.25, 0.3) is 22.1 Å². The first-order valence-corrected chi connectivity index (χ1v) is 10.4. The van der Waals surface area contributed by atoms with E-state index in [0.29, 0.717) is 29.7 Å². The van der Waals surface area contributed by atoms with Gasteiger partial charge in [-0.2, -0.15) is 0 Å². The third-order valence-corrected chi connectivity index (χ3v) is 5.65. The molecule has 31 heavy (non-hydrogen) atoms. The number of benzene rings is 3. The number of amides is 1. The van der Waals surface area contributed by atoms with E-state index in [9.17, 15) is 4.79 Å². The van der Waals surface area contributed by atoms with Gasteiger partial charge in [0.2, 0.25) is 0 Å². The molecule has 1 fully saturated rings. The molecule has 7 heteroatoms. The minimum atomic E-state index is -0.355. The molecule has 1 aliphatic heterocycles. The second-order valence-electron chi connectivity index (χ2n) is 7.31. The summed E-state index contributed by atoms with van der Waals surface area (Å²) in [6.45, 7) is 2.94. The van der Waals surface area contributed by atoms with Crippen LogP contribution < -0.4 is 10.2 Å². The van der Waals surface area contributed by atoms with Gasteiger partial charge in [-0.25, -0.2) is 4.98 Å². The maximum Gasteiger partial charge on any atom is 0.278 e. The second-order valence-corrected chi connectivity index (χ2v) is 7.72. The van der Waals surface area contributed by atoms with E-state index in [1.54, 1.807) is 6.07 Å². The molecule has 1 amide bonds. The molecule has 0 atom stereocenters. The molecule has 5 rings (SSSR count). The highest BCUT2D eigenvalue weighted by molar-refractivity contribution is 6.33. The minimum absolute atomic E-state index is 0.226. The Kier molecular flexibility index (Phi) is 5.32. The van der Waals surface area contributed by atoms with Crippen LogP contribution in [0, 0.1) is 0 Å². The van der Waals surface area contributed by atoms with Gasteiger partial charge in [0.1, 0.15) is 0 Å². The lowest BCUT2D eigenvalue weighted by Crippen LogP contribution is -2.36. The summed E-state index contributed by atoms with van der Waals surface area (Å²) in [6, 6.07) is 19.4. The van der Waals surface area contributed by atoms with Crippen LogP contribution in [-0.4, -0.2) is 37.2 Å². The maximum absolute atomic E-state index is 12.9. The van der Waals surface area contributed by atoms with Crippen molar-refractivity contribution in [2.24, 2.45) is 0 Å². The Labute approximate surface area is 184 Å². The molecule has 2 heterocycles. The van der Waals surface area contributed by atoms with E-state index < -0.39 is 0 Å². The van der Waals surface area contributed by atoms with Crippen LogP contribution in [0.3, 0.4) is 0 Å². The van der Waals surface area contributed by atoms with Crippen LogP contribution in [0.15, 0.2) is 71.5 Å². The fourth-order valence-corrected chi connectivity index (χ4v) is 4.08. The molecular formula is C24H20ClN3O3. The number of carbonyl (C=O) groups excluding carboxylic acids is 1. The van der Waals surface area contributed by atoms with Gasteiger partial charge in [-0.05, 0) is 35.0 Å². The Morgan fingerprint density at radius 1 is 1.00 bits per heavy atom. The summed E-state index contributed by atoms with van der Waals surface area (Å²) in [7, 11) is 0. The van der Waals surface area contributed by atoms with E-state index in [-0.39, 0.29) is 11.6 Å². The summed E-state index contributed by atoms with van der Waals surface area (Å²) in [6.07, 6.45) is 1.29. The van der Waals surface area contributed by atoms with Crippen molar-refractivity contribution in [2.45, 2.75) is 0 Å². The smallest absolute Gasteiger partial charge is 0.278 e. The van der Waals surface area contributed by atoms with E-state index in [2.05, 4.69) is 15.2 Å². The van der Waals surface area contributed by atoms with Crippen molar-refractivity contribution < 1.29 is 13.9 Å². The number of aromatic nitrogens is 1. The van der Waals surface area contributed by atoms with E-state index in [1.807, 2.05) is 54.6 Å². The second kappa shape index (κ2) is 8.41. The molecule has 1 N–H and O–H groups in total. The number of fused-ring (bicyclic) bond motifs is 1. The number of nitrogens with zero attached hydrogens (tertiary/aromatic N) is 2. The lowest BCUT2D eigenvalue weighted by Gasteiger charge is -2.29. The Morgan fingerprint density at radius 2 is 1.81 bits per heavy atom. The molecule has 0 bridgehead atoms. The van der Waals surface area contributed by atoms with Gasteiger partial charge in [-0.3, -0.25) is 4.79 Å². The SMILES string of the molecule is O=C(Nc1ccc(N2CCOCC2)c(Cl)c1)c1ncoc1-c1ccc2ccccc2c1. The van der Waals surface area contributed by atoms with Gasteiger partial charge >= 0.3 is 0 Å². The van der Waals surface area contributed by atoms with E-state index in [0.717, 1.165) is 35.1 Å². The zero-order chi connectivity index (χ0) is 21.2. The number of ether oxygens (including phenoxy) is 1. The van der Waals surface area contributed by atoms with Gasteiger partial charge in [0.15, 0.2) is 17.8 Å². The first kappa shape index (κ1) is 19.6. The molecule has 6 nitrogen and oxygen atoms in total. The molecule has 1 aromatic heterocycles. The molecule has 0 aliphatic carbocycles. The molecule has 0 saturated carbocycles. The first-order valence-electron chi connectivity index (χ1n) is 10.1. The molecular weight excluding hydrogens is 414 g/mol. The lowest BCUT2D eigenvalue weighted by atomic mass is 10.0. The lowest BCUT2D eigenvalue weighted by molar-refractivity contribution is 0.102. The Bertz CT molecular complexity index is 1250. The van der Waals surface area contributed by atoms with Gasteiger partial charge in [0, 0.05) is 24.3 Å².